The minimum Gasteiger partial charge on any atom is -0.408 e. The molecule has 1 aromatic carbocycles. The summed E-state index contributed by atoms with van der Waals surface area (Å²) in [5.41, 5.74) is -0.107. The first-order chi connectivity index (χ1) is 13.3. The summed E-state index contributed by atoms with van der Waals surface area (Å²) in [5, 5.41) is 3.72. The third kappa shape index (κ3) is 4.36. The molecule has 12 heteroatoms. The minimum atomic E-state index is -3.10. The van der Waals surface area contributed by atoms with Gasteiger partial charge in [0.1, 0.15) is 22.7 Å². The maximum Gasteiger partial charge on any atom is 0.389 e. The monoisotopic (exact) mass is 437 g/mol. The predicted molar refractivity (Wildman–Crippen MR) is 91.9 cm³/mol. The third-order valence-corrected chi connectivity index (χ3v) is 5.39. The number of ether oxygens (including phenoxy) is 1. The van der Waals surface area contributed by atoms with Crippen molar-refractivity contribution < 1.29 is 31.9 Å². The molecular formula is C16H12ClF4N3O3S. The third-order valence-electron chi connectivity index (χ3n) is 4.04. The number of hydrogen-bond donors (Lipinski definition) is 2. The maximum atomic E-state index is 14.6. The number of rotatable bonds is 7. The van der Waals surface area contributed by atoms with Crippen LogP contribution in [0.1, 0.15) is 22.8 Å². The van der Waals surface area contributed by atoms with Crippen molar-refractivity contribution in [3.63, 3.8) is 0 Å². The van der Waals surface area contributed by atoms with Crippen LogP contribution in [0.3, 0.4) is 0 Å². The number of thiazole rings is 1. The SMILES string of the molecule is O=C1NC[C@@H](C(=O)CC(c2cnc(OC(F)F)s2)c2ccc(F)c(Cl)c2F)N1. The molecule has 2 heterocycles. The molecule has 1 aliphatic heterocycles. The van der Waals surface area contributed by atoms with E-state index in [1.54, 1.807) is 0 Å². The van der Waals surface area contributed by atoms with Crippen LogP contribution in [-0.2, 0) is 4.79 Å². The molecule has 1 aliphatic rings. The highest BCUT2D eigenvalue weighted by Crippen LogP contribution is 2.38. The number of benzene rings is 1. The van der Waals surface area contributed by atoms with Gasteiger partial charge in [0, 0.05) is 30.0 Å². The Bertz CT molecular complexity index is 911. The Balaban J connectivity index is 1.94. The molecule has 0 spiro atoms. The molecular weight excluding hydrogens is 426 g/mol. The molecule has 1 saturated heterocycles. The molecule has 150 valence electrons. The van der Waals surface area contributed by atoms with Crippen LogP contribution in [-0.4, -0.2) is 36.0 Å². The van der Waals surface area contributed by atoms with E-state index < -0.39 is 47.0 Å². The van der Waals surface area contributed by atoms with Gasteiger partial charge in [-0.25, -0.2) is 18.6 Å². The number of alkyl halides is 2. The lowest BCUT2D eigenvalue weighted by atomic mass is 9.90. The fourth-order valence-electron chi connectivity index (χ4n) is 2.73. The Morgan fingerprint density at radius 2 is 2.14 bits per heavy atom. The fraction of sp³-hybridized carbons (Fsp3) is 0.312. The largest absolute Gasteiger partial charge is 0.408 e. The van der Waals surface area contributed by atoms with Crippen molar-refractivity contribution in [2.45, 2.75) is 25.0 Å². The van der Waals surface area contributed by atoms with Crippen molar-refractivity contribution in [1.29, 1.82) is 0 Å². The highest BCUT2D eigenvalue weighted by atomic mass is 35.5. The second-order valence-corrected chi connectivity index (χ2v) is 7.20. The number of carbonyl (C=O) groups excluding carboxylic acids is 2. The van der Waals surface area contributed by atoms with Gasteiger partial charge in [-0.3, -0.25) is 4.79 Å². The Morgan fingerprint density at radius 3 is 2.79 bits per heavy atom. The van der Waals surface area contributed by atoms with Crippen molar-refractivity contribution in [3.05, 3.63) is 45.4 Å². The van der Waals surface area contributed by atoms with Gasteiger partial charge in [-0.1, -0.05) is 29.0 Å². The molecule has 2 amide bonds. The Hall–Kier alpha value is -2.40. The van der Waals surface area contributed by atoms with Gasteiger partial charge < -0.3 is 15.4 Å². The lowest BCUT2D eigenvalue weighted by Crippen LogP contribution is -2.35. The van der Waals surface area contributed by atoms with Crippen LogP contribution in [0.4, 0.5) is 22.4 Å². The summed E-state index contributed by atoms with van der Waals surface area (Å²) in [4.78, 5) is 27.7. The molecule has 2 N–H and O–H groups in total. The van der Waals surface area contributed by atoms with Crippen LogP contribution in [0.5, 0.6) is 5.19 Å². The average Bonchev–Trinajstić information content (AvgIpc) is 3.27. The highest BCUT2D eigenvalue weighted by molar-refractivity contribution is 7.13. The van der Waals surface area contributed by atoms with Crippen molar-refractivity contribution >= 4 is 34.8 Å². The number of aromatic nitrogens is 1. The van der Waals surface area contributed by atoms with Crippen LogP contribution < -0.4 is 15.4 Å². The zero-order chi connectivity index (χ0) is 20.4. The summed E-state index contributed by atoms with van der Waals surface area (Å²) in [7, 11) is 0. The molecule has 1 unspecified atom stereocenters. The Labute approximate surface area is 164 Å². The van der Waals surface area contributed by atoms with Crippen molar-refractivity contribution in [3.8, 4) is 5.19 Å². The molecule has 0 saturated carbocycles. The number of nitrogens with zero attached hydrogens (tertiary/aromatic N) is 1. The fourth-order valence-corrected chi connectivity index (χ4v) is 3.79. The first-order valence-corrected chi connectivity index (χ1v) is 9.06. The lowest BCUT2D eigenvalue weighted by Gasteiger charge is -2.18. The number of halogens is 5. The summed E-state index contributed by atoms with van der Waals surface area (Å²) in [6.45, 7) is -3.05. The van der Waals surface area contributed by atoms with E-state index in [2.05, 4.69) is 20.4 Å². The smallest absolute Gasteiger partial charge is 0.389 e. The topological polar surface area (TPSA) is 80.3 Å². The first kappa shape index (κ1) is 20.3. The van der Waals surface area contributed by atoms with E-state index in [9.17, 15) is 27.2 Å². The van der Waals surface area contributed by atoms with Gasteiger partial charge in [-0.15, -0.1) is 0 Å². The predicted octanol–water partition coefficient (Wildman–Crippen LogP) is 3.45. The van der Waals surface area contributed by atoms with Gasteiger partial charge in [-0.2, -0.15) is 8.78 Å². The second kappa shape index (κ2) is 8.31. The maximum absolute atomic E-state index is 14.6. The van der Waals surface area contributed by atoms with Crippen LogP contribution >= 0.6 is 22.9 Å². The van der Waals surface area contributed by atoms with Gasteiger partial charge in [0.2, 0.25) is 0 Å². The van der Waals surface area contributed by atoms with Crippen LogP contribution in [0.2, 0.25) is 5.02 Å². The minimum absolute atomic E-state index is 0.0550. The van der Waals surface area contributed by atoms with Gasteiger partial charge in [-0.05, 0) is 11.6 Å². The van der Waals surface area contributed by atoms with E-state index in [0.29, 0.717) is 11.3 Å². The standard InChI is InChI=1S/C16H12ClF4N3O3S/c17-12-8(18)2-1-6(13(12)19)7(3-10(25)9-4-22-15(26)24-9)11-5-23-16(28-11)27-14(20)21/h1-2,5,7,9,14H,3-4H2,(H2,22,24,26)/t7?,9-/m0/s1. The summed E-state index contributed by atoms with van der Waals surface area (Å²) in [5.74, 6) is -3.48. The molecule has 1 aromatic heterocycles. The molecule has 0 bridgehead atoms. The molecule has 6 nitrogen and oxygen atoms in total. The number of carbonyl (C=O) groups is 2. The molecule has 0 aliphatic carbocycles. The molecule has 3 rings (SSSR count). The molecule has 0 radical (unpaired) electrons. The van der Waals surface area contributed by atoms with E-state index in [1.807, 2.05) is 0 Å². The van der Waals surface area contributed by atoms with Crippen LogP contribution in [0.15, 0.2) is 18.3 Å². The molecule has 1 fully saturated rings. The van der Waals surface area contributed by atoms with Gasteiger partial charge >= 0.3 is 12.6 Å². The van der Waals surface area contributed by atoms with E-state index in [4.69, 9.17) is 11.6 Å². The van der Waals surface area contributed by atoms with E-state index in [0.717, 1.165) is 12.1 Å². The van der Waals surface area contributed by atoms with Crippen molar-refractivity contribution in [2.24, 2.45) is 0 Å². The normalized spacial score (nSPS) is 17.4. The average molecular weight is 438 g/mol. The molecule has 2 atom stereocenters. The zero-order valence-electron chi connectivity index (χ0n) is 13.8. The number of hydrogen-bond acceptors (Lipinski definition) is 5. The Kier molecular flexibility index (Phi) is 6.04. The van der Waals surface area contributed by atoms with Crippen molar-refractivity contribution in [2.75, 3.05) is 6.54 Å². The highest BCUT2D eigenvalue weighted by Gasteiger charge is 2.32. The van der Waals surface area contributed by atoms with E-state index >= 15 is 0 Å². The first-order valence-electron chi connectivity index (χ1n) is 7.87. The number of Topliss-reactive ketones (excluding diaryl/α,β-unsaturated/α-hetero) is 1. The summed E-state index contributed by atoms with van der Waals surface area (Å²) in [6, 6.07) is 0.706. The number of nitrogens with one attached hydrogen (secondary N) is 2. The van der Waals surface area contributed by atoms with Crippen LogP contribution in [0, 0.1) is 11.6 Å². The quantitative estimate of drug-likeness (QED) is 0.513. The number of ketones is 1. The van der Waals surface area contributed by atoms with Crippen molar-refractivity contribution in [1.82, 2.24) is 15.6 Å². The number of urea groups is 1. The second-order valence-electron chi connectivity index (χ2n) is 5.80. The zero-order valence-corrected chi connectivity index (χ0v) is 15.4. The van der Waals surface area contributed by atoms with E-state index in [1.165, 1.54) is 6.20 Å². The molecule has 2 aromatic rings. The summed E-state index contributed by atoms with van der Waals surface area (Å²) >= 11 is 6.33. The Morgan fingerprint density at radius 1 is 1.39 bits per heavy atom. The van der Waals surface area contributed by atoms with Gasteiger partial charge in [0.05, 0.1) is 0 Å². The summed E-state index contributed by atoms with van der Waals surface area (Å²) in [6.07, 6.45) is 0.865. The number of amides is 2. The van der Waals surface area contributed by atoms with Gasteiger partial charge in [0.15, 0.2) is 5.78 Å². The summed E-state index contributed by atoms with van der Waals surface area (Å²) < 4.78 is 57.1. The molecule has 28 heavy (non-hydrogen) atoms. The van der Waals surface area contributed by atoms with Crippen LogP contribution in [0.25, 0.3) is 0 Å². The van der Waals surface area contributed by atoms with Gasteiger partial charge in [0.25, 0.3) is 5.19 Å². The van der Waals surface area contributed by atoms with E-state index in [-0.39, 0.29) is 28.6 Å². The lowest BCUT2D eigenvalue weighted by molar-refractivity contribution is -0.120.